The van der Waals surface area contributed by atoms with Gasteiger partial charge in [0.2, 0.25) is 0 Å². The summed E-state index contributed by atoms with van der Waals surface area (Å²) in [5, 5.41) is 0.817. The van der Waals surface area contributed by atoms with E-state index in [1.807, 2.05) is 24.3 Å². The molecule has 88 valence electrons. The van der Waals surface area contributed by atoms with E-state index in [1.165, 1.54) is 7.11 Å². The Morgan fingerprint density at radius 2 is 2.00 bits per heavy atom. The van der Waals surface area contributed by atoms with Crippen LogP contribution in [0.4, 0.5) is 0 Å². The van der Waals surface area contributed by atoms with E-state index in [9.17, 15) is 4.79 Å². The lowest BCUT2D eigenvalue weighted by atomic mass is 10.1. The minimum absolute atomic E-state index is 0.181. The summed E-state index contributed by atoms with van der Waals surface area (Å²) < 4.78 is 10.00. The highest BCUT2D eigenvalue weighted by Gasteiger charge is 2.01. The number of halogens is 1. The monoisotopic (exact) mass is 286 g/mol. The Hall–Kier alpha value is -1.03. The van der Waals surface area contributed by atoms with Crippen LogP contribution in [0, 0.1) is 0 Å². The number of carbonyl (C=O) groups excluding carboxylic acids is 1. The van der Waals surface area contributed by atoms with Gasteiger partial charge in [-0.05, 0) is 24.1 Å². The highest BCUT2D eigenvalue weighted by molar-refractivity contribution is 9.09. The maximum absolute atomic E-state index is 10.9. The first-order valence-electron chi connectivity index (χ1n) is 5.11. The minimum atomic E-state index is -0.181. The van der Waals surface area contributed by atoms with Gasteiger partial charge in [-0.2, -0.15) is 0 Å². The molecule has 1 aromatic rings. The number of ether oxygens (including phenoxy) is 2. The molecule has 4 heteroatoms. The second-order valence-electron chi connectivity index (χ2n) is 3.26. The van der Waals surface area contributed by atoms with Crippen molar-refractivity contribution in [2.75, 3.05) is 19.0 Å². The lowest BCUT2D eigenvalue weighted by Crippen LogP contribution is -2.02. The van der Waals surface area contributed by atoms with E-state index in [2.05, 4.69) is 20.7 Å². The number of hydrogen-bond acceptors (Lipinski definition) is 3. The molecule has 0 spiro atoms. The topological polar surface area (TPSA) is 35.5 Å². The Morgan fingerprint density at radius 1 is 1.31 bits per heavy atom. The molecule has 0 radical (unpaired) electrons. The molecule has 0 N–H and O–H groups in total. The van der Waals surface area contributed by atoms with Crippen molar-refractivity contribution in [3.05, 3.63) is 29.8 Å². The van der Waals surface area contributed by atoms with Crippen LogP contribution in [-0.2, 0) is 16.0 Å². The first-order chi connectivity index (χ1) is 7.76. The number of esters is 1. The van der Waals surface area contributed by atoms with Crippen molar-refractivity contribution in [1.29, 1.82) is 0 Å². The Morgan fingerprint density at radius 3 is 2.56 bits per heavy atom. The molecular formula is C12H15BrO3. The fraction of sp³-hybridized carbons (Fsp3) is 0.417. The zero-order valence-corrected chi connectivity index (χ0v) is 10.8. The summed E-state index contributed by atoms with van der Waals surface area (Å²) in [6.07, 6.45) is 1.11. The lowest BCUT2D eigenvalue weighted by Gasteiger charge is -2.05. The van der Waals surface area contributed by atoms with Crippen LogP contribution in [0.5, 0.6) is 5.75 Å². The van der Waals surface area contributed by atoms with Gasteiger partial charge in [0.1, 0.15) is 5.75 Å². The van der Waals surface area contributed by atoms with Crippen LogP contribution in [0.3, 0.4) is 0 Å². The van der Waals surface area contributed by atoms with E-state index < -0.39 is 0 Å². The average molecular weight is 287 g/mol. The van der Waals surface area contributed by atoms with Crippen LogP contribution in [0.15, 0.2) is 24.3 Å². The van der Waals surface area contributed by atoms with Crippen molar-refractivity contribution in [2.45, 2.75) is 12.8 Å². The summed E-state index contributed by atoms with van der Waals surface area (Å²) >= 11 is 3.29. The smallest absolute Gasteiger partial charge is 0.305 e. The van der Waals surface area contributed by atoms with Gasteiger partial charge in [0.25, 0.3) is 0 Å². The van der Waals surface area contributed by atoms with Gasteiger partial charge in [0, 0.05) is 11.8 Å². The van der Waals surface area contributed by atoms with Crippen LogP contribution in [0.1, 0.15) is 12.0 Å². The molecule has 1 aromatic carbocycles. The molecule has 0 unspecified atom stereocenters. The van der Waals surface area contributed by atoms with E-state index in [0.29, 0.717) is 19.4 Å². The third-order valence-electron chi connectivity index (χ3n) is 2.11. The average Bonchev–Trinajstić information content (AvgIpc) is 2.34. The van der Waals surface area contributed by atoms with Gasteiger partial charge >= 0.3 is 5.97 Å². The number of alkyl halides is 1. The van der Waals surface area contributed by atoms with Gasteiger partial charge in [-0.1, -0.05) is 28.1 Å². The fourth-order valence-corrected chi connectivity index (χ4v) is 1.42. The second kappa shape index (κ2) is 7.28. The maximum atomic E-state index is 10.9. The molecule has 0 saturated heterocycles. The molecule has 0 aliphatic rings. The number of rotatable bonds is 6. The SMILES string of the molecule is COC(=O)CCc1ccc(OCCBr)cc1. The molecule has 0 bridgehead atoms. The van der Waals surface area contributed by atoms with E-state index in [4.69, 9.17) is 4.74 Å². The summed E-state index contributed by atoms with van der Waals surface area (Å²) in [4.78, 5) is 10.9. The van der Waals surface area contributed by atoms with Crippen LogP contribution in [0.2, 0.25) is 0 Å². The summed E-state index contributed by atoms with van der Waals surface area (Å²) in [7, 11) is 1.40. The van der Waals surface area contributed by atoms with Gasteiger partial charge < -0.3 is 9.47 Å². The zero-order chi connectivity index (χ0) is 11.8. The Balaban J connectivity index is 2.41. The molecule has 0 aliphatic heterocycles. The van der Waals surface area contributed by atoms with E-state index in [-0.39, 0.29) is 5.97 Å². The second-order valence-corrected chi connectivity index (χ2v) is 4.05. The first kappa shape index (κ1) is 13.0. The number of hydrogen-bond donors (Lipinski definition) is 0. The summed E-state index contributed by atoms with van der Waals surface area (Å²) in [5.41, 5.74) is 1.11. The van der Waals surface area contributed by atoms with E-state index in [0.717, 1.165) is 16.6 Å². The van der Waals surface area contributed by atoms with Gasteiger partial charge in [-0.3, -0.25) is 4.79 Å². The standard InChI is InChI=1S/C12H15BrO3/c1-15-12(14)7-4-10-2-5-11(6-3-10)16-9-8-13/h2-3,5-6H,4,7-9H2,1H3. The predicted octanol–water partition coefficient (Wildman–Crippen LogP) is 2.57. The molecule has 0 aliphatic carbocycles. The molecule has 0 fully saturated rings. The van der Waals surface area contributed by atoms with Crippen molar-refractivity contribution in [3.8, 4) is 5.75 Å². The molecule has 0 heterocycles. The Kier molecular flexibility index (Phi) is 5.93. The van der Waals surface area contributed by atoms with Crippen molar-refractivity contribution in [2.24, 2.45) is 0 Å². The summed E-state index contributed by atoms with van der Waals surface area (Å²) in [6, 6.07) is 7.75. The quantitative estimate of drug-likeness (QED) is 0.596. The summed E-state index contributed by atoms with van der Waals surface area (Å²) in [5.74, 6) is 0.667. The molecular weight excluding hydrogens is 272 g/mol. The number of carbonyl (C=O) groups is 1. The first-order valence-corrected chi connectivity index (χ1v) is 6.23. The number of benzene rings is 1. The van der Waals surface area contributed by atoms with Crippen LogP contribution >= 0.6 is 15.9 Å². The van der Waals surface area contributed by atoms with Crippen molar-refractivity contribution in [3.63, 3.8) is 0 Å². The maximum Gasteiger partial charge on any atom is 0.305 e. The minimum Gasteiger partial charge on any atom is -0.493 e. The van der Waals surface area contributed by atoms with Gasteiger partial charge in [-0.15, -0.1) is 0 Å². The Labute approximate surface area is 104 Å². The fourth-order valence-electron chi connectivity index (χ4n) is 1.26. The third kappa shape index (κ3) is 4.66. The van der Waals surface area contributed by atoms with E-state index >= 15 is 0 Å². The van der Waals surface area contributed by atoms with Crippen LogP contribution in [-0.4, -0.2) is 25.0 Å². The zero-order valence-electron chi connectivity index (χ0n) is 9.24. The molecule has 1 rings (SSSR count). The van der Waals surface area contributed by atoms with Crippen molar-refractivity contribution >= 4 is 21.9 Å². The van der Waals surface area contributed by atoms with Gasteiger partial charge in [0.05, 0.1) is 13.7 Å². The number of aryl methyl sites for hydroxylation is 1. The summed E-state index contributed by atoms with van der Waals surface area (Å²) in [6.45, 7) is 0.654. The predicted molar refractivity (Wildman–Crippen MR) is 66.1 cm³/mol. The molecule has 16 heavy (non-hydrogen) atoms. The molecule has 3 nitrogen and oxygen atoms in total. The normalized spacial score (nSPS) is 9.88. The Bertz CT molecular complexity index is 322. The lowest BCUT2D eigenvalue weighted by molar-refractivity contribution is -0.140. The number of methoxy groups -OCH3 is 1. The van der Waals surface area contributed by atoms with Crippen LogP contribution in [0.25, 0.3) is 0 Å². The van der Waals surface area contributed by atoms with Crippen molar-refractivity contribution in [1.82, 2.24) is 0 Å². The molecule has 0 amide bonds. The molecule has 0 atom stereocenters. The molecule has 0 aromatic heterocycles. The van der Waals surface area contributed by atoms with Crippen molar-refractivity contribution < 1.29 is 14.3 Å². The van der Waals surface area contributed by atoms with Gasteiger partial charge in [0.15, 0.2) is 0 Å². The third-order valence-corrected chi connectivity index (χ3v) is 2.44. The largest absolute Gasteiger partial charge is 0.493 e. The highest BCUT2D eigenvalue weighted by atomic mass is 79.9. The van der Waals surface area contributed by atoms with E-state index in [1.54, 1.807) is 0 Å². The highest BCUT2D eigenvalue weighted by Crippen LogP contribution is 2.13. The van der Waals surface area contributed by atoms with Gasteiger partial charge in [-0.25, -0.2) is 0 Å². The van der Waals surface area contributed by atoms with Crippen LogP contribution < -0.4 is 4.74 Å². The molecule has 0 saturated carbocycles.